The van der Waals surface area contributed by atoms with Gasteiger partial charge in [-0.25, -0.2) is 0 Å². The first-order chi connectivity index (χ1) is 13.2. The summed E-state index contributed by atoms with van der Waals surface area (Å²) in [7, 11) is 0. The largest absolute Gasteiger partial charge is 0.494 e. The maximum absolute atomic E-state index is 12.7. The third-order valence-electron chi connectivity index (χ3n) is 4.19. The summed E-state index contributed by atoms with van der Waals surface area (Å²) in [5, 5.41) is 0. The van der Waals surface area contributed by atoms with Gasteiger partial charge in [-0.15, -0.1) is 6.58 Å². The number of hydrogen-bond donors (Lipinski definition) is 0. The molecule has 5 heteroatoms. The van der Waals surface area contributed by atoms with Gasteiger partial charge >= 0.3 is 0 Å². The van der Waals surface area contributed by atoms with E-state index in [1.54, 1.807) is 12.1 Å². The van der Waals surface area contributed by atoms with Crippen molar-refractivity contribution in [3.8, 4) is 5.75 Å². The molecule has 1 aromatic heterocycles. The molecule has 0 unspecified atom stereocenters. The van der Waals surface area contributed by atoms with Gasteiger partial charge in [0.25, 0.3) is 5.91 Å². The Kier molecular flexibility index (Phi) is 6.60. The van der Waals surface area contributed by atoms with Crippen molar-refractivity contribution < 1.29 is 9.53 Å². The van der Waals surface area contributed by atoms with Crippen LogP contribution in [-0.2, 0) is 6.54 Å². The van der Waals surface area contributed by atoms with Crippen LogP contribution in [0.2, 0.25) is 0 Å². The number of thiazole rings is 1. The highest BCUT2D eigenvalue weighted by Gasteiger charge is 2.09. The Morgan fingerprint density at radius 3 is 2.89 bits per heavy atom. The van der Waals surface area contributed by atoms with Crippen LogP contribution in [0, 0.1) is 0 Å². The van der Waals surface area contributed by atoms with Gasteiger partial charge in [0.1, 0.15) is 5.75 Å². The predicted octanol–water partition coefficient (Wildman–Crippen LogP) is 5.20. The monoisotopic (exact) mass is 380 g/mol. The first kappa shape index (κ1) is 19.1. The minimum atomic E-state index is -0.265. The summed E-state index contributed by atoms with van der Waals surface area (Å²) in [4.78, 5) is 17.8. The Morgan fingerprint density at radius 1 is 1.22 bits per heavy atom. The van der Waals surface area contributed by atoms with Crippen LogP contribution in [0.3, 0.4) is 0 Å². The van der Waals surface area contributed by atoms with Gasteiger partial charge in [-0.3, -0.25) is 4.79 Å². The molecule has 4 nitrogen and oxygen atoms in total. The molecule has 3 aromatic rings. The molecule has 140 valence electrons. The normalized spacial score (nSPS) is 11.7. The topological polar surface area (TPSA) is 43.6 Å². The number of fused-ring (bicyclic) bond motifs is 1. The van der Waals surface area contributed by atoms with Crippen LogP contribution >= 0.6 is 11.3 Å². The number of benzene rings is 2. The highest BCUT2D eigenvalue weighted by Crippen LogP contribution is 2.18. The molecule has 0 atom stereocenters. The summed E-state index contributed by atoms with van der Waals surface area (Å²) >= 11 is 1.51. The zero-order valence-electron chi connectivity index (χ0n) is 15.6. The van der Waals surface area contributed by atoms with Gasteiger partial charge in [0.2, 0.25) is 0 Å². The number of ether oxygens (including phenoxy) is 1. The van der Waals surface area contributed by atoms with Gasteiger partial charge in [-0.05, 0) is 36.8 Å². The molecule has 0 saturated heterocycles. The van der Waals surface area contributed by atoms with E-state index in [0.29, 0.717) is 29.3 Å². The average molecular weight is 381 g/mol. The lowest BCUT2D eigenvalue weighted by atomic mass is 10.2. The second kappa shape index (κ2) is 9.33. The lowest BCUT2D eigenvalue weighted by molar-refractivity contribution is 0.0997. The van der Waals surface area contributed by atoms with E-state index < -0.39 is 0 Å². The van der Waals surface area contributed by atoms with Gasteiger partial charge in [-0.1, -0.05) is 55.4 Å². The number of aromatic nitrogens is 1. The van der Waals surface area contributed by atoms with E-state index in [9.17, 15) is 4.79 Å². The van der Waals surface area contributed by atoms with Crippen molar-refractivity contribution in [2.45, 2.75) is 32.7 Å². The Labute approximate surface area is 163 Å². The number of carbonyl (C=O) groups is 1. The van der Waals surface area contributed by atoms with Crippen LogP contribution < -0.4 is 9.54 Å². The number of carbonyl (C=O) groups excluding carboxylic acids is 1. The number of hydrogen-bond acceptors (Lipinski definition) is 3. The molecule has 0 radical (unpaired) electrons. The maximum Gasteiger partial charge on any atom is 0.279 e. The van der Waals surface area contributed by atoms with Gasteiger partial charge in [0, 0.05) is 12.1 Å². The second-order valence-corrected chi connectivity index (χ2v) is 7.26. The first-order valence-corrected chi connectivity index (χ1v) is 10.1. The summed E-state index contributed by atoms with van der Waals surface area (Å²) in [6.07, 6.45) is 5.12. The molecule has 0 spiro atoms. The van der Waals surface area contributed by atoms with Crippen molar-refractivity contribution in [1.29, 1.82) is 0 Å². The fraction of sp³-hybridized carbons (Fsp3) is 0.273. The van der Waals surface area contributed by atoms with Crippen LogP contribution in [-0.4, -0.2) is 17.1 Å². The van der Waals surface area contributed by atoms with Crippen LogP contribution in [0.4, 0.5) is 0 Å². The minimum absolute atomic E-state index is 0.265. The highest BCUT2D eigenvalue weighted by molar-refractivity contribution is 7.16. The van der Waals surface area contributed by atoms with Crippen LogP contribution in [0.1, 0.15) is 36.5 Å². The number of para-hydroxylation sites is 1. The molecule has 27 heavy (non-hydrogen) atoms. The van der Waals surface area contributed by atoms with E-state index in [1.165, 1.54) is 11.3 Å². The summed E-state index contributed by atoms with van der Waals surface area (Å²) in [6, 6.07) is 15.3. The highest BCUT2D eigenvalue weighted by atomic mass is 32.1. The van der Waals surface area contributed by atoms with E-state index in [4.69, 9.17) is 4.74 Å². The number of allylic oxidation sites excluding steroid dienone is 1. The molecule has 0 saturated carbocycles. The lowest BCUT2D eigenvalue weighted by Gasteiger charge is -2.06. The number of nitrogens with zero attached hydrogens (tertiary/aromatic N) is 2. The Balaban J connectivity index is 1.87. The molecular formula is C22H24N2O2S. The average Bonchev–Trinajstić information content (AvgIpc) is 3.03. The van der Waals surface area contributed by atoms with E-state index in [-0.39, 0.29) is 5.91 Å². The van der Waals surface area contributed by atoms with Crippen molar-refractivity contribution >= 4 is 27.5 Å². The number of unbranched alkanes of at least 4 members (excludes halogenated alkanes) is 2. The fourth-order valence-corrected chi connectivity index (χ4v) is 3.86. The standard InChI is InChI=1S/C22H24N2O2S/c1-3-5-8-15-26-18-11-9-10-17(16-18)21(25)23-22-24(14-4-2)19-12-6-7-13-20(19)27-22/h4,6-7,9-13,16H,2-3,5,8,14-15H2,1H3. The predicted molar refractivity (Wildman–Crippen MR) is 111 cm³/mol. The van der Waals surface area contributed by atoms with E-state index >= 15 is 0 Å². The molecule has 3 rings (SSSR count). The minimum Gasteiger partial charge on any atom is -0.494 e. The zero-order chi connectivity index (χ0) is 19.1. The second-order valence-electron chi connectivity index (χ2n) is 6.25. The van der Waals surface area contributed by atoms with Gasteiger partial charge in [0.05, 0.1) is 16.8 Å². The molecule has 0 aliphatic carbocycles. The maximum atomic E-state index is 12.7. The Bertz CT molecular complexity index is 1000. The number of rotatable bonds is 8. The van der Waals surface area contributed by atoms with Gasteiger partial charge in [0.15, 0.2) is 4.80 Å². The molecule has 0 aliphatic heterocycles. The van der Waals surface area contributed by atoms with Crippen LogP contribution in [0.25, 0.3) is 10.2 Å². The molecule has 0 aliphatic rings. The first-order valence-electron chi connectivity index (χ1n) is 9.24. The fourth-order valence-electron chi connectivity index (χ4n) is 2.82. The molecule has 1 heterocycles. The number of amides is 1. The Morgan fingerprint density at radius 2 is 2.07 bits per heavy atom. The third-order valence-corrected chi connectivity index (χ3v) is 5.25. The van der Waals surface area contributed by atoms with Crippen molar-refractivity contribution in [3.05, 3.63) is 71.6 Å². The van der Waals surface area contributed by atoms with Crippen LogP contribution in [0.15, 0.2) is 66.2 Å². The summed E-state index contributed by atoms with van der Waals surface area (Å²) in [6.45, 7) is 7.25. The molecule has 2 aromatic carbocycles. The lowest BCUT2D eigenvalue weighted by Crippen LogP contribution is -2.16. The molecule has 0 fully saturated rings. The third kappa shape index (κ3) is 4.74. The summed E-state index contributed by atoms with van der Waals surface area (Å²) in [5.74, 6) is 0.445. The van der Waals surface area contributed by atoms with Crippen LogP contribution in [0.5, 0.6) is 5.75 Å². The van der Waals surface area contributed by atoms with Crippen molar-refractivity contribution in [2.75, 3.05) is 6.61 Å². The van der Waals surface area contributed by atoms with Crippen molar-refractivity contribution in [3.63, 3.8) is 0 Å². The quantitative estimate of drug-likeness (QED) is 0.398. The summed E-state index contributed by atoms with van der Waals surface area (Å²) in [5.41, 5.74) is 1.59. The SMILES string of the molecule is C=CCn1c(=NC(=O)c2cccc(OCCCCC)c2)sc2ccccc21. The Hall–Kier alpha value is -2.66. The van der Waals surface area contributed by atoms with Gasteiger partial charge < -0.3 is 9.30 Å². The van der Waals surface area contributed by atoms with E-state index in [2.05, 4.69) is 18.5 Å². The molecule has 0 bridgehead atoms. The molecule has 0 N–H and O–H groups in total. The molecular weight excluding hydrogens is 356 g/mol. The zero-order valence-corrected chi connectivity index (χ0v) is 16.4. The van der Waals surface area contributed by atoms with Gasteiger partial charge in [-0.2, -0.15) is 4.99 Å². The van der Waals surface area contributed by atoms with E-state index in [1.807, 2.05) is 47.0 Å². The molecule has 1 amide bonds. The summed E-state index contributed by atoms with van der Waals surface area (Å²) < 4.78 is 8.86. The van der Waals surface area contributed by atoms with Crippen molar-refractivity contribution in [2.24, 2.45) is 4.99 Å². The van der Waals surface area contributed by atoms with E-state index in [0.717, 1.165) is 29.5 Å². The van der Waals surface area contributed by atoms with Crippen molar-refractivity contribution in [1.82, 2.24) is 4.57 Å². The smallest absolute Gasteiger partial charge is 0.279 e.